The first kappa shape index (κ1) is 16.1. The van der Waals surface area contributed by atoms with Crippen molar-refractivity contribution in [3.05, 3.63) is 24.3 Å². The lowest BCUT2D eigenvalue weighted by Crippen LogP contribution is -2.51. The van der Waals surface area contributed by atoms with Crippen LogP contribution >= 0.6 is 0 Å². The van der Waals surface area contributed by atoms with Gasteiger partial charge in [-0.3, -0.25) is 9.69 Å². The fourth-order valence-electron chi connectivity index (χ4n) is 3.53. The fraction of sp³-hybridized carbons (Fsp3) is 0.611. The number of anilines is 1. The lowest BCUT2D eigenvalue weighted by molar-refractivity contribution is -0.134. The Hall–Kier alpha value is -1.75. The standard InChI is InChI=1S/C18H27N3O2/c1-15-3-2-8-21(13-15)18(23)14-19-9-11-20(12-10-19)16-4-6-17(22)7-5-16/h4-7,15,22H,2-3,8-14H2,1H3/t15-/m1/s1. The molecule has 0 radical (unpaired) electrons. The normalized spacial score (nSPS) is 23.1. The van der Waals surface area contributed by atoms with Crippen LogP contribution in [0, 0.1) is 5.92 Å². The van der Waals surface area contributed by atoms with Crippen LogP contribution in [-0.2, 0) is 4.79 Å². The summed E-state index contributed by atoms with van der Waals surface area (Å²) in [6.07, 6.45) is 2.39. The third-order valence-corrected chi connectivity index (χ3v) is 4.96. The predicted octanol–water partition coefficient (Wildman–Crippen LogP) is 1.77. The Morgan fingerprint density at radius 2 is 1.83 bits per heavy atom. The zero-order valence-electron chi connectivity index (χ0n) is 13.9. The number of hydrogen-bond acceptors (Lipinski definition) is 4. The highest BCUT2D eigenvalue weighted by Crippen LogP contribution is 2.20. The number of carbonyl (C=O) groups is 1. The van der Waals surface area contributed by atoms with Crippen LogP contribution in [0.3, 0.4) is 0 Å². The van der Waals surface area contributed by atoms with Crippen molar-refractivity contribution in [2.24, 2.45) is 5.92 Å². The number of amides is 1. The SMILES string of the molecule is C[C@@H]1CCCN(C(=O)CN2CCN(c3ccc(O)cc3)CC2)C1. The first-order valence-electron chi connectivity index (χ1n) is 8.66. The molecule has 3 rings (SSSR count). The fourth-order valence-corrected chi connectivity index (χ4v) is 3.53. The lowest BCUT2D eigenvalue weighted by atomic mass is 10.0. The van der Waals surface area contributed by atoms with Gasteiger partial charge in [-0.2, -0.15) is 0 Å². The molecule has 0 bridgehead atoms. The Morgan fingerprint density at radius 1 is 1.13 bits per heavy atom. The topological polar surface area (TPSA) is 47.0 Å². The molecule has 0 aromatic heterocycles. The van der Waals surface area contributed by atoms with Crippen LogP contribution in [0.25, 0.3) is 0 Å². The average molecular weight is 317 g/mol. The summed E-state index contributed by atoms with van der Waals surface area (Å²) in [4.78, 5) is 19.1. The minimum atomic E-state index is 0.287. The molecule has 2 fully saturated rings. The highest BCUT2D eigenvalue weighted by atomic mass is 16.3. The molecular formula is C18H27N3O2. The van der Waals surface area contributed by atoms with Gasteiger partial charge in [0.1, 0.15) is 5.75 Å². The second-order valence-corrected chi connectivity index (χ2v) is 6.87. The molecule has 5 nitrogen and oxygen atoms in total. The largest absolute Gasteiger partial charge is 0.508 e. The van der Waals surface area contributed by atoms with E-state index < -0.39 is 0 Å². The van der Waals surface area contributed by atoms with E-state index >= 15 is 0 Å². The number of phenolic OH excluding ortho intramolecular Hbond substituents is 1. The molecule has 23 heavy (non-hydrogen) atoms. The summed E-state index contributed by atoms with van der Waals surface area (Å²) in [6.45, 7) is 8.31. The quantitative estimate of drug-likeness (QED) is 0.923. The maximum Gasteiger partial charge on any atom is 0.236 e. The number of benzene rings is 1. The summed E-state index contributed by atoms with van der Waals surface area (Å²) in [5, 5.41) is 9.37. The summed E-state index contributed by atoms with van der Waals surface area (Å²) in [5.74, 6) is 1.22. The molecule has 1 atom stereocenters. The highest BCUT2D eigenvalue weighted by molar-refractivity contribution is 5.78. The van der Waals surface area contributed by atoms with Crippen molar-refractivity contribution in [3.63, 3.8) is 0 Å². The first-order valence-corrected chi connectivity index (χ1v) is 8.66. The van der Waals surface area contributed by atoms with Gasteiger partial charge in [0.05, 0.1) is 6.54 Å². The molecule has 0 spiro atoms. The molecule has 1 aromatic carbocycles. The Bertz CT molecular complexity index is 524. The second-order valence-electron chi connectivity index (χ2n) is 6.87. The molecule has 2 saturated heterocycles. The Labute approximate surface area is 138 Å². The van der Waals surface area contributed by atoms with E-state index in [1.54, 1.807) is 12.1 Å². The Kier molecular flexibility index (Phi) is 5.06. The highest BCUT2D eigenvalue weighted by Gasteiger charge is 2.24. The summed E-state index contributed by atoms with van der Waals surface area (Å²) >= 11 is 0. The van der Waals surface area contributed by atoms with Crippen molar-refractivity contribution in [1.29, 1.82) is 0 Å². The molecule has 2 heterocycles. The van der Waals surface area contributed by atoms with Crippen molar-refractivity contribution in [3.8, 4) is 5.75 Å². The number of likely N-dealkylation sites (tertiary alicyclic amines) is 1. The maximum atomic E-state index is 12.4. The summed E-state index contributed by atoms with van der Waals surface area (Å²) in [5.41, 5.74) is 1.14. The number of rotatable bonds is 3. The molecule has 5 heteroatoms. The summed E-state index contributed by atoms with van der Waals surface area (Å²) < 4.78 is 0. The van der Waals surface area contributed by atoms with Gasteiger partial charge in [0.15, 0.2) is 0 Å². The maximum absolute atomic E-state index is 12.4. The minimum absolute atomic E-state index is 0.287. The van der Waals surface area contributed by atoms with Gasteiger partial charge in [-0.25, -0.2) is 0 Å². The molecule has 2 aliphatic heterocycles. The van der Waals surface area contributed by atoms with E-state index in [1.165, 1.54) is 6.42 Å². The van der Waals surface area contributed by atoms with Crippen LogP contribution in [0.1, 0.15) is 19.8 Å². The van der Waals surface area contributed by atoms with E-state index in [1.807, 2.05) is 17.0 Å². The van der Waals surface area contributed by atoms with Gasteiger partial charge < -0.3 is 14.9 Å². The van der Waals surface area contributed by atoms with Crippen molar-refractivity contribution in [2.45, 2.75) is 19.8 Å². The predicted molar refractivity (Wildman–Crippen MR) is 91.7 cm³/mol. The molecule has 2 aliphatic rings. The van der Waals surface area contributed by atoms with Crippen LogP contribution in [0.4, 0.5) is 5.69 Å². The van der Waals surface area contributed by atoms with Crippen molar-refractivity contribution in [1.82, 2.24) is 9.80 Å². The molecule has 0 unspecified atom stereocenters. The molecule has 1 aromatic rings. The number of nitrogens with zero attached hydrogens (tertiary/aromatic N) is 3. The van der Waals surface area contributed by atoms with Gasteiger partial charge in [-0.05, 0) is 43.0 Å². The van der Waals surface area contributed by atoms with Gasteiger partial charge >= 0.3 is 0 Å². The van der Waals surface area contributed by atoms with Gasteiger partial charge in [-0.1, -0.05) is 6.92 Å². The minimum Gasteiger partial charge on any atom is -0.508 e. The molecular weight excluding hydrogens is 290 g/mol. The smallest absolute Gasteiger partial charge is 0.236 e. The van der Waals surface area contributed by atoms with E-state index in [0.717, 1.165) is 51.4 Å². The van der Waals surface area contributed by atoms with E-state index in [9.17, 15) is 9.90 Å². The van der Waals surface area contributed by atoms with Crippen LogP contribution in [-0.4, -0.2) is 66.6 Å². The van der Waals surface area contributed by atoms with Crippen molar-refractivity contribution in [2.75, 3.05) is 50.7 Å². The van der Waals surface area contributed by atoms with Gasteiger partial charge in [-0.15, -0.1) is 0 Å². The second kappa shape index (κ2) is 7.21. The van der Waals surface area contributed by atoms with E-state index in [2.05, 4.69) is 16.7 Å². The van der Waals surface area contributed by atoms with E-state index in [0.29, 0.717) is 18.2 Å². The van der Waals surface area contributed by atoms with Crippen LogP contribution < -0.4 is 4.90 Å². The zero-order valence-corrected chi connectivity index (χ0v) is 13.9. The van der Waals surface area contributed by atoms with Gasteiger partial charge in [0, 0.05) is 45.0 Å². The summed E-state index contributed by atoms with van der Waals surface area (Å²) in [6, 6.07) is 7.35. The number of hydrogen-bond donors (Lipinski definition) is 1. The first-order chi connectivity index (χ1) is 11.1. The third-order valence-electron chi connectivity index (χ3n) is 4.96. The van der Waals surface area contributed by atoms with E-state index in [4.69, 9.17) is 0 Å². The van der Waals surface area contributed by atoms with Crippen molar-refractivity contribution < 1.29 is 9.90 Å². The van der Waals surface area contributed by atoms with Crippen LogP contribution in [0.15, 0.2) is 24.3 Å². The van der Waals surface area contributed by atoms with E-state index in [-0.39, 0.29) is 5.91 Å². The van der Waals surface area contributed by atoms with Crippen LogP contribution in [0.2, 0.25) is 0 Å². The van der Waals surface area contributed by atoms with Gasteiger partial charge in [0.25, 0.3) is 0 Å². The van der Waals surface area contributed by atoms with Crippen LogP contribution in [0.5, 0.6) is 5.75 Å². The Balaban J connectivity index is 1.47. The lowest BCUT2D eigenvalue weighted by Gasteiger charge is -2.37. The molecule has 1 N–H and O–H groups in total. The molecule has 0 saturated carbocycles. The van der Waals surface area contributed by atoms with Gasteiger partial charge in [0.2, 0.25) is 5.91 Å². The number of piperazine rings is 1. The third kappa shape index (κ3) is 4.16. The molecule has 1 amide bonds. The monoisotopic (exact) mass is 317 g/mol. The number of aromatic hydroxyl groups is 1. The number of piperidine rings is 1. The summed E-state index contributed by atoms with van der Waals surface area (Å²) in [7, 11) is 0. The zero-order chi connectivity index (χ0) is 16.2. The number of phenols is 1. The average Bonchev–Trinajstić information content (AvgIpc) is 2.56. The molecule has 126 valence electrons. The number of carbonyl (C=O) groups excluding carboxylic acids is 1. The molecule has 0 aliphatic carbocycles. The van der Waals surface area contributed by atoms with Crippen molar-refractivity contribution >= 4 is 11.6 Å². The Morgan fingerprint density at radius 3 is 2.48 bits per heavy atom.